The Morgan fingerprint density at radius 2 is 1.94 bits per heavy atom. The van der Waals surface area contributed by atoms with Gasteiger partial charge in [0.15, 0.2) is 0 Å². The number of rotatable bonds is 4. The van der Waals surface area contributed by atoms with Crippen LogP contribution in [0.2, 0.25) is 5.02 Å². The minimum absolute atomic E-state index is 0.0473. The summed E-state index contributed by atoms with van der Waals surface area (Å²) in [6.45, 7) is 0.237. The normalized spacial score (nSPS) is 18.0. The molecule has 10 heteroatoms. The molecule has 4 N–H and O–H groups in total. The van der Waals surface area contributed by atoms with E-state index in [4.69, 9.17) is 17.3 Å². The predicted molar refractivity (Wildman–Crippen MR) is 119 cm³/mol. The number of carbonyl (C=O) groups is 3. The molecule has 0 unspecified atom stereocenters. The molecule has 2 atom stereocenters. The largest absolute Gasteiger partial charge is 0.351 e. The van der Waals surface area contributed by atoms with Crippen LogP contribution in [0.25, 0.3) is 10.9 Å². The fourth-order valence-corrected chi connectivity index (χ4v) is 4.09. The van der Waals surface area contributed by atoms with Crippen LogP contribution in [0.3, 0.4) is 0 Å². The molecule has 4 amide bonds. The third-order valence-electron chi connectivity index (χ3n) is 5.40. The van der Waals surface area contributed by atoms with Crippen LogP contribution in [0, 0.1) is 0 Å². The fraction of sp³-hybridized carbons (Fsp3) is 0.227. The van der Waals surface area contributed by atoms with Crippen LogP contribution in [-0.4, -0.2) is 46.2 Å². The zero-order valence-electron chi connectivity index (χ0n) is 16.9. The van der Waals surface area contributed by atoms with Gasteiger partial charge in [0, 0.05) is 29.7 Å². The molecule has 2 aromatic carbocycles. The molecule has 0 saturated carbocycles. The molecule has 0 spiro atoms. The number of anilines is 1. The zero-order chi connectivity index (χ0) is 22.8. The van der Waals surface area contributed by atoms with Crippen LogP contribution in [0.1, 0.15) is 12.0 Å². The van der Waals surface area contributed by atoms with Crippen molar-refractivity contribution in [2.24, 2.45) is 5.73 Å². The standard InChI is InChI=1S/C22H21ClFN5O3/c23-14-5-3-4-13(10-14)11-26-20(30)19-16(24)8-9-28(19)22(32)27-17-12-29(21(25)31)18-7-2-1-6-15(17)18/h1-7,10,12,16,19H,8-9,11H2,(H2,25,31)(H,26,30)(H,27,32)/t16-,19+/m1/s1. The third kappa shape index (κ3) is 4.24. The Balaban J connectivity index is 1.50. The van der Waals surface area contributed by atoms with Crippen molar-refractivity contribution >= 4 is 46.2 Å². The number of hydrogen-bond acceptors (Lipinski definition) is 3. The number of carbonyl (C=O) groups excluding carboxylic acids is 3. The van der Waals surface area contributed by atoms with Crippen LogP contribution < -0.4 is 16.4 Å². The smallest absolute Gasteiger partial charge is 0.323 e. The minimum Gasteiger partial charge on any atom is -0.351 e. The minimum atomic E-state index is -1.49. The molecule has 4 rings (SSSR count). The molecule has 1 aliphatic rings. The van der Waals surface area contributed by atoms with Crippen molar-refractivity contribution in [2.45, 2.75) is 25.2 Å². The molecular weight excluding hydrogens is 437 g/mol. The Morgan fingerprint density at radius 1 is 1.16 bits per heavy atom. The predicted octanol–water partition coefficient (Wildman–Crippen LogP) is 3.48. The van der Waals surface area contributed by atoms with E-state index in [2.05, 4.69) is 10.6 Å². The Bertz CT molecular complexity index is 1200. The van der Waals surface area contributed by atoms with Gasteiger partial charge in [0.1, 0.15) is 12.2 Å². The second-order valence-electron chi connectivity index (χ2n) is 7.49. The SMILES string of the molecule is NC(=O)n1cc(NC(=O)N2CC[C@@H](F)[C@H]2C(=O)NCc2cccc(Cl)c2)c2ccccc21. The summed E-state index contributed by atoms with van der Waals surface area (Å²) in [5, 5.41) is 6.47. The fourth-order valence-electron chi connectivity index (χ4n) is 3.88. The van der Waals surface area contributed by atoms with Crippen molar-refractivity contribution in [3.05, 3.63) is 65.3 Å². The Kier molecular flexibility index (Phi) is 6.00. The molecule has 32 heavy (non-hydrogen) atoms. The lowest BCUT2D eigenvalue weighted by atomic mass is 10.1. The van der Waals surface area contributed by atoms with E-state index in [1.165, 1.54) is 10.8 Å². The molecule has 1 aliphatic heterocycles. The molecule has 0 bridgehead atoms. The molecular formula is C22H21ClFN5O3. The lowest BCUT2D eigenvalue weighted by molar-refractivity contribution is -0.126. The van der Waals surface area contributed by atoms with Gasteiger partial charge in [0.25, 0.3) is 0 Å². The van der Waals surface area contributed by atoms with Crippen molar-refractivity contribution in [1.29, 1.82) is 0 Å². The Morgan fingerprint density at radius 3 is 2.69 bits per heavy atom. The average molecular weight is 458 g/mol. The zero-order valence-corrected chi connectivity index (χ0v) is 17.7. The maximum atomic E-state index is 14.6. The molecule has 8 nitrogen and oxygen atoms in total. The highest BCUT2D eigenvalue weighted by Crippen LogP contribution is 2.28. The molecule has 1 aromatic heterocycles. The number of nitrogens with one attached hydrogen (secondary N) is 2. The Labute approximate surface area is 188 Å². The summed E-state index contributed by atoms with van der Waals surface area (Å²) >= 11 is 5.95. The second-order valence-corrected chi connectivity index (χ2v) is 7.93. The summed E-state index contributed by atoms with van der Waals surface area (Å²) in [6, 6.07) is 11.2. The van der Waals surface area contributed by atoms with Crippen molar-refractivity contribution in [1.82, 2.24) is 14.8 Å². The number of urea groups is 1. The maximum absolute atomic E-state index is 14.6. The van der Waals surface area contributed by atoms with Crippen LogP contribution in [0.15, 0.2) is 54.7 Å². The van der Waals surface area contributed by atoms with Gasteiger partial charge in [-0.05, 0) is 30.2 Å². The van der Waals surface area contributed by atoms with E-state index in [1.807, 2.05) is 0 Å². The first kappa shape index (κ1) is 21.6. The van der Waals surface area contributed by atoms with Crippen molar-refractivity contribution in [2.75, 3.05) is 11.9 Å². The number of para-hydroxylation sites is 1. The van der Waals surface area contributed by atoms with Gasteiger partial charge in [0.2, 0.25) is 5.91 Å². The van der Waals surface area contributed by atoms with Crippen LogP contribution in [0.5, 0.6) is 0 Å². The highest BCUT2D eigenvalue weighted by molar-refractivity contribution is 6.30. The second kappa shape index (κ2) is 8.88. The topological polar surface area (TPSA) is 109 Å². The number of hydrogen-bond donors (Lipinski definition) is 3. The summed E-state index contributed by atoms with van der Waals surface area (Å²) in [6.07, 6.45) is -0.0412. The van der Waals surface area contributed by atoms with Crippen molar-refractivity contribution in [3.63, 3.8) is 0 Å². The highest BCUT2D eigenvalue weighted by Gasteiger charge is 2.42. The van der Waals surface area contributed by atoms with E-state index in [0.717, 1.165) is 10.5 Å². The van der Waals surface area contributed by atoms with Crippen LogP contribution in [-0.2, 0) is 11.3 Å². The first-order valence-electron chi connectivity index (χ1n) is 9.99. The summed E-state index contributed by atoms with van der Waals surface area (Å²) in [4.78, 5) is 38.5. The summed E-state index contributed by atoms with van der Waals surface area (Å²) < 4.78 is 15.8. The van der Waals surface area contributed by atoms with Gasteiger partial charge in [-0.15, -0.1) is 0 Å². The van der Waals surface area contributed by atoms with E-state index >= 15 is 0 Å². The summed E-state index contributed by atoms with van der Waals surface area (Å²) in [5.74, 6) is -0.593. The van der Waals surface area contributed by atoms with E-state index in [9.17, 15) is 18.8 Å². The van der Waals surface area contributed by atoms with Gasteiger partial charge >= 0.3 is 12.1 Å². The van der Waals surface area contributed by atoms with Gasteiger partial charge in [-0.3, -0.25) is 9.36 Å². The van der Waals surface area contributed by atoms with Gasteiger partial charge in [-0.1, -0.05) is 41.9 Å². The van der Waals surface area contributed by atoms with E-state index in [-0.39, 0.29) is 19.5 Å². The number of halogens is 2. The monoisotopic (exact) mass is 457 g/mol. The summed E-state index contributed by atoms with van der Waals surface area (Å²) in [7, 11) is 0. The van der Waals surface area contributed by atoms with Crippen molar-refractivity contribution in [3.8, 4) is 0 Å². The maximum Gasteiger partial charge on any atom is 0.323 e. The molecule has 2 heterocycles. The molecule has 1 fully saturated rings. The number of amides is 4. The number of primary amides is 1. The van der Waals surface area contributed by atoms with Gasteiger partial charge in [-0.25, -0.2) is 14.0 Å². The lowest BCUT2D eigenvalue weighted by Crippen LogP contribution is -2.50. The van der Waals surface area contributed by atoms with Gasteiger partial charge < -0.3 is 21.3 Å². The van der Waals surface area contributed by atoms with E-state index in [0.29, 0.717) is 21.6 Å². The third-order valence-corrected chi connectivity index (χ3v) is 5.64. The van der Waals surface area contributed by atoms with Crippen molar-refractivity contribution < 1.29 is 18.8 Å². The number of alkyl halides is 1. The van der Waals surface area contributed by atoms with E-state index < -0.39 is 30.2 Å². The highest BCUT2D eigenvalue weighted by atomic mass is 35.5. The quantitative estimate of drug-likeness (QED) is 0.557. The number of nitrogens with zero attached hydrogens (tertiary/aromatic N) is 2. The van der Waals surface area contributed by atoms with E-state index in [1.54, 1.807) is 48.5 Å². The molecule has 1 saturated heterocycles. The first-order chi connectivity index (χ1) is 15.3. The van der Waals surface area contributed by atoms with Crippen LogP contribution in [0.4, 0.5) is 19.7 Å². The molecule has 166 valence electrons. The Hall–Kier alpha value is -3.59. The summed E-state index contributed by atoms with van der Waals surface area (Å²) in [5.41, 5.74) is 7.03. The number of aromatic nitrogens is 1. The van der Waals surface area contributed by atoms with Gasteiger partial charge in [-0.2, -0.15) is 0 Å². The number of fused-ring (bicyclic) bond motifs is 1. The molecule has 0 radical (unpaired) electrons. The molecule has 0 aliphatic carbocycles. The van der Waals surface area contributed by atoms with Gasteiger partial charge in [0.05, 0.1) is 11.2 Å². The lowest BCUT2D eigenvalue weighted by Gasteiger charge is -2.25. The van der Waals surface area contributed by atoms with Crippen LogP contribution >= 0.6 is 11.6 Å². The number of likely N-dealkylation sites (tertiary alicyclic amines) is 1. The number of benzene rings is 2. The number of nitrogens with two attached hydrogens (primary N) is 1. The molecule has 3 aromatic rings. The average Bonchev–Trinajstić information content (AvgIpc) is 3.33. The first-order valence-corrected chi connectivity index (χ1v) is 10.4.